The maximum Gasteiger partial charge on any atom is 0.410 e. The summed E-state index contributed by atoms with van der Waals surface area (Å²) < 4.78 is 14.7. The van der Waals surface area contributed by atoms with E-state index in [0.717, 1.165) is 16.8 Å². The third-order valence-corrected chi connectivity index (χ3v) is 4.80. The Morgan fingerprint density at radius 2 is 2.13 bits per heavy atom. The van der Waals surface area contributed by atoms with Gasteiger partial charge >= 0.3 is 6.09 Å². The quantitative estimate of drug-likeness (QED) is 0.698. The SMILES string of the molecule is Cn1cc(-c2cnn3c(N)cc(CC4CN(C(=O)OC(C)(C)C)CCO4)nc23)cn1. The van der Waals surface area contributed by atoms with E-state index < -0.39 is 5.60 Å². The van der Waals surface area contributed by atoms with E-state index in [-0.39, 0.29) is 12.2 Å². The molecule has 1 saturated heterocycles. The summed E-state index contributed by atoms with van der Waals surface area (Å²) in [6, 6.07) is 1.79. The van der Waals surface area contributed by atoms with E-state index in [9.17, 15) is 4.79 Å². The van der Waals surface area contributed by atoms with Gasteiger partial charge in [0.1, 0.15) is 11.4 Å². The van der Waals surface area contributed by atoms with Crippen LogP contribution in [0.3, 0.4) is 0 Å². The fourth-order valence-electron chi connectivity index (χ4n) is 3.48. The van der Waals surface area contributed by atoms with Crippen molar-refractivity contribution in [2.45, 2.75) is 38.9 Å². The number of morpholine rings is 1. The fraction of sp³-hybridized carbons (Fsp3) is 0.500. The van der Waals surface area contributed by atoms with Crippen LogP contribution in [-0.4, -0.2) is 66.8 Å². The van der Waals surface area contributed by atoms with Gasteiger partial charge in [0, 0.05) is 49.1 Å². The van der Waals surface area contributed by atoms with E-state index in [1.165, 1.54) is 0 Å². The summed E-state index contributed by atoms with van der Waals surface area (Å²) >= 11 is 0. The molecule has 0 aromatic carbocycles. The Morgan fingerprint density at radius 3 is 2.83 bits per heavy atom. The summed E-state index contributed by atoms with van der Waals surface area (Å²) in [4.78, 5) is 18.9. The van der Waals surface area contributed by atoms with Crippen molar-refractivity contribution in [2.24, 2.45) is 7.05 Å². The average Bonchev–Trinajstić information content (AvgIpc) is 3.27. The molecule has 2 N–H and O–H groups in total. The molecule has 1 amide bonds. The van der Waals surface area contributed by atoms with Gasteiger partial charge in [0.15, 0.2) is 5.65 Å². The van der Waals surface area contributed by atoms with E-state index >= 15 is 0 Å². The normalized spacial score (nSPS) is 17.5. The van der Waals surface area contributed by atoms with Crippen LogP contribution in [-0.2, 0) is 22.9 Å². The molecule has 1 atom stereocenters. The summed E-state index contributed by atoms with van der Waals surface area (Å²) in [5, 5.41) is 8.57. The molecule has 0 aliphatic carbocycles. The first-order valence-corrected chi connectivity index (χ1v) is 9.91. The number of nitrogens with zero attached hydrogens (tertiary/aromatic N) is 6. The van der Waals surface area contributed by atoms with Crippen LogP contribution < -0.4 is 5.73 Å². The van der Waals surface area contributed by atoms with Gasteiger partial charge in [-0.3, -0.25) is 4.68 Å². The molecule has 3 aromatic rings. The second-order valence-electron chi connectivity index (χ2n) is 8.49. The Kier molecular flexibility index (Phi) is 5.10. The minimum atomic E-state index is -0.531. The highest BCUT2D eigenvalue weighted by molar-refractivity contribution is 5.77. The van der Waals surface area contributed by atoms with Crippen LogP contribution in [0.5, 0.6) is 0 Å². The molecule has 1 unspecified atom stereocenters. The lowest BCUT2D eigenvalue weighted by Crippen LogP contribution is -2.48. The van der Waals surface area contributed by atoms with Crippen LogP contribution in [0.4, 0.5) is 10.6 Å². The maximum absolute atomic E-state index is 12.4. The second kappa shape index (κ2) is 7.60. The van der Waals surface area contributed by atoms with E-state index in [1.807, 2.05) is 34.0 Å². The zero-order valence-electron chi connectivity index (χ0n) is 17.7. The van der Waals surface area contributed by atoms with E-state index in [4.69, 9.17) is 20.2 Å². The maximum atomic E-state index is 12.4. The second-order valence-corrected chi connectivity index (χ2v) is 8.49. The lowest BCUT2D eigenvalue weighted by atomic mass is 10.1. The summed E-state index contributed by atoms with van der Waals surface area (Å²) in [6.45, 7) is 6.97. The van der Waals surface area contributed by atoms with Crippen LogP contribution in [0.25, 0.3) is 16.8 Å². The predicted molar refractivity (Wildman–Crippen MR) is 111 cm³/mol. The summed E-state index contributed by atoms with van der Waals surface area (Å²) in [5.74, 6) is 0.491. The summed E-state index contributed by atoms with van der Waals surface area (Å²) in [5.41, 5.74) is 8.91. The van der Waals surface area contributed by atoms with Crippen LogP contribution in [0.1, 0.15) is 26.5 Å². The van der Waals surface area contributed by atoms with Crippen LogP contribution in [0, 0.1) is 0 Å². The number of hydrogen-bond donors (Lipinski definition) is 1. The standard InChI is InChI=1S/C20H27N7O3/c1-20(2,3)30-19(28)26-5-6-29-15(12-26)7-14-8-17(21)27-18(24-14)16(10-23-27)13-9-22-25(4)11-13/h8-11,15H,5-7,12,21H2,1-4H3. The highest BCUT2D eigenvalue weighted by atomic mass is 16.6. The van der Waals surface area contributed by atoms with Gasteiger partial charge in [0.05, 0.1) is 31.6 Å². The molecule has 3 aromatic heterocycles. The number of carbonyl (C=O) groups is 1. The molecular weight excluding hydrogens is 386 g/mol. The van der Waals surface area contributed by atoms with Crippen molar-refractivity contribution in [1.82, 2.24) is 29.3 Å². The van der Waals surface area contributed by atoms with Crippen LogP contribution in [0.2, 0.25) is 0 Å². The molecule has 0 bridgehead atoms. The van der Waals surface area contributed by atoms with E-state index in [2.05, 4.69) is 10.2 Å². The van der Waals surface area contributed by atoms with Crippen molar-refractivity contribution in [3.63, 3.8) is 0 Å². The lowest BCUT2D eigenvalue weighted by molar-refractivity contribution is -0.0418. The number of nitrogens with two attached hydrogens (primary N) is 1. The Balaban J connectivity index is 1.54. The molecule has 1 aliphatic rings. The zero-order chi connectivity index (χ0) is 21.5. The Labute approximate surface area is 174 Å². The number of amides is 1. The van der Waals surface area contributed by atoms with Crippen molar-refractivity contribution in [2.75, 3.05) is 25.4 Å². The van der Waals surface area contributed by atoms with Gasteiger partial charge in [0.2, 0.25) is 0 Å². The number of carbonyl (C=O) groups excluding carboxylic acids is 1. The number of fused-ring (bicyclic) bond motifs is 1. The van der Waals surface area contributed by atoms with Gasteiger partial charge in [-0.2, -0.15) is 14.7 Å². The smallest absolute Gasteiger partial charge is 0.410 e. The number of ether oxygens (including phenoxy) is 2. The number of hydrogen-bond acceptors (Lipinski definition) is 7. The van der Waals surface area contributed by atoms with Gasteiger partial charge in [0.25, 0.3) is 0 Å². The van der Waals surface area contributed by atoms with E-state index in [0.29, 0.717) is 37.6 Å². The topological polar surface area (TPSA) is 113 Å². The molecule has 0 spiro atoms. The van der Waals surface area contributed by atoms with E-state index in [1.54, 1.807) is 32.6 Å². The zero-order valence-corrected chi connectivity index (χ0v) is 17.7. The highest BCUT2D eigenvalue weighted by Gasteiger charge is 2.28. The van der Waals surface area contributed by atoms with Crippen molar-refractivity contribution in [3.8, 4) is 11.1 Å². The monoisotopic (exact) mass is 413 g/mol. The number of rotatable bonds is 3. The largest absolute Gasteiger partial charge is 0.444 e. The predicted octanol–water partition coefficient (Wildman–Crippen LogP) is 1.89. The minimum Gasteiger partial charge on any atom is -0.444 e. The summed E-state index contributed by atoms with van der Waals surface area (Å²) in [6.07, 6.45) is 5.42. The highest BCUT2D eigenvalue weighted by Crippen LogP contribution is 2.25. The van der Waals surface area contributed by atoms with Crippen molar-refractivity contribution < 1.29 is 14.3 Å². The van der Waals surface area contributed by atoms with Gasteiger partial charge in [-0.1, -0.05) is 0 Å². The van der Waals surface area contributed by atoms with Gasteiger partial charge in [-0.25, -0.2) is 9.78 Å². The van der Waals surface area contributed by atoms with Crippen LogP contribution >= 0.6 is 0 Å². The average molecular weight is 413 g/mol. The molecule has 4 heterocycles. The molecule has 160 valence electrons. The number of aromatic nitrogens is 5. The molecule has 30 heavy (non-hydrogen) atoms. The summed E-state index contributed by atoms with van der Waals surface area (Å²) in [7, 11) is 1.86. The van der Waals surface area contributed by atoms with Crippen LogP contribution in [0.15, 0.2) is 24.7 Å². The molecule has 10 nitrogen and oxygen atoms in total. The lowest BCUT2D eigenvalue weighted by Gasteiger charge is -2.34. The minimum absolute atomic E-state index is 0.189. The Bertz CT molecular complexity index is 1070. The first-order chi connectivity index (χ1) is 14.2. The van der Waals surface area contributed by atoms with Crippen molar-refractivity contribution in [3.05, 3.63) is 30.4 Å². The van der Waals surface area contributed by atoms with Crippen molar-refractivity contribution in [1.29, 1.82) is 0 Å². The van der Waals surface area contributed by atoms with Gasteiger partial charge in [-0.05, 0) is 20.8 Å². The molecule has 4 rings (SSSR count). The first-order valence-electron chi connectivity index (χ1n) is 9.91. The molecule has 1 aliphatic heterocycles. The third-order valence-electron chi connectivity index (χ3n) is 4.80. The third kappa shape index (κ3) is 4.23. The molecule has 0 saturated carbocycles. The molecule has 0 radical (unpaired) electrons. The van der Waals surface area contributed by atoms with Crippen molar-refractivity contribution >= 4 is 17.6 Å². The first kappa shape index (κ1) is 20.1. The number of aryl methyl sites for hydroxylation is 1. The Morgan fingerprint density at radius 1 is 1.33 bits per heavy atom. The fourth-order valence-corrected chi connectivity index (χ4v) is 3.48. The Hall–Kier alpha value is -3.14. The van der Waals surface area contributed by atoms with Gasteiger partial charge < -0.3 is 20.1 Å². The molecule has 10 heteroatoms. The molecular formula is C20H27N7O3. The number of anilines is 1. The van der Waals surface area contributed by atoms with Gasteiger partial charge in [-0.15, -0.1) is 0 Å². The molecule has 1 fully saturated rings. The number of nitrogen functional groups attached to an aromatic ring is 1.